The number of pyridine rings is 1. The smallest absolute Gasteiger partial charge is 0.305 e. The molecule has 0 aliphatic heterocycles. The van der Waals surface area contributed by atoms with E-state index in [0.717, 1.165) is 44.0 Å². The molecule has 5 aromatic rings. The van der Waals surface area contributed by atoms with Crippen molar-refractivity contribution >= 4 is 44.6 Å². The number of fused-ring (bicyclic) bond motifs is 1. The second-order valence-electron chi connectivity index (χ2n) is 7.61. The summed E-state index contributed by atoms with van der Waals surface area (Å²) in [4.78, 5) is 18.8. The molecule has 0 fully saturated rings. The number of rotatable bonds is 4. The zero-order valence-corrected chi connectivity index (χ0v) is 19.2. The number of aryl methyl sites for hydroxylation is 2. The number of anilines is 1. The number of carbonyl (C=O) groups is 1. The highest BCUT2D eigenvalue weighted by Gasteiger charge is 2.30. The highest BCUT2D eigenvalue weighted by atomic mass is 35.5. The van der Waals surface area contributed by atoms with Crippen LogP contribution in [-0.4, -0.2) is 16.0 Å². The molecule has 0 radical (unpaired) electrons. The van der Waals surface area contributed by atoms with Gasteiger partial charge in [-0.3, -0.25) is 4.79 Å². The van der Waals surface area contributed by atoms with Gasteiger partial charge in [-0.15, -0.1) is 11.3 Å². The van der Waals surface area contributed by atoms with Gasteiger partial charge in [0.25, 0.3) is 5.78 Å². The molecule has 9 heteroatoms. The summed E-state index contributed by atoms with van der Waals surface area (Å²) >= 11 is 7.20. The average Bonchev–Trinajstić information content (AvgIpc) is 3.32. The van der Waals surface area contributed by atoms with Crippen LogP contribution in [-0.2, 0) is 7.05 Å². The lowest BCUT2D eigenvalue weighted by Gasteiger charge is -2.09. The summed E-state index contributed by atoms with van der Waals surface area (Å²) < 4.78 is 5.73. The fourth-order valence-corrected chi connectivity index (χ4v) is 4.87. The number of nitrogen functional groups attached to an aromatic ring is 1. The minimum Gasteiger partial charge on any atom is -0.539 e. The van der Waals surface area contributed by atoms with Crippen molar-refractivity contribution in [3.63, 3.8) is 0 Å². The van der Waals surface area contributed by atoms with Crippen LogP contribution in [0.2, 0.25) is 5.02 Å². The maximum absolute atomic E-state index is 13.2. The van der Waals surface area contributed by atoms with Gasteiger partial charge in [0.2, 0.25) is 0 Å². The van der Waals surface area contributed by atoms with Gasteiger partial charge in [0, 0.05) is 16.0 Å². The molecule has 0 amide bonds. The molecule has 0 aliphatic rings. The molecule has 7 nitrogen and oxygen atoms in total. The molecule has 3 heterocycles. The number of hydrogen-bond donors (Lipinski definition) is 1. The molecule has 33 heavy (non-hydrogen) atoms. The summed E-state index contributed by atoms with van der Waals surface area (Å²) in [5.74, 6) is -1.36. The Bertz CT molecular complexity index is 1500. The Morgan fingerprint density at radius 2 is 1.79 bits per heavy atom. The lowest BCUT2D eigenvalue weighted by atomic mass is 9.98. The van der Waals surface area contributed by atoms with E-state index in [2.05, 4.69) is 9.79 Å². The van der Waals surface area contributed by atoms with Gasteiger partial charge in [0.1, 0.15) is 9.71 Å². The maximum atomic E-state index is 13.2. The Hall–Kier alpha value is -3.75. The molecule has 0 atom stereocenters. The Balaban J connectivity index is 1.77. The summed E-state index contributed by atoms with van der Waals surface area (Å²) in [7, 11) is 1.47. The van der Waals surface area contributed by atoms with Crippen molar-refractivity contribution in [2.75, 3.05) is 5.73 Å². The van der Waals surface area contributed by atoms with E-state index in [-0.39, 0.29) is 16.3 Å². The van der Waals surface area contributed by atoms with Crippen molar-refractivity contribution in [2.24, 2.45) is 7.05 Å². The first-order valence-corrected chi connectivity index (χ1v) is 11.2. The molecule has 0 saturated heterocycles. The second-order valence-corrected chi connectivity index (χ2v) is 9.05. The van der Waals surface area contributed by atoms with Gasteiger partial charge in [-0.25, -0.2) is 4.98 Å². The van der Waals surface area contributed by atoms with Gasteiger partial charge in [-0.2, -0.15) is 0 Å². The van der Waals surface area contributed by atoms with Crippen molar-refractivity contribution in [3.8, 4) is 28.3 Å². The number of nitrogens with two attached hydrogens (primary N) is 1. The van der Waals surface area contributed by atoms with E-state index in [1.807, 2.05) is 49.4 Å². The lowest BCUT2D eigenvalue weighted by molar-refractivity contribution is -0.741. The van der Waals surface area contributed by atoms with Gasteiger partial charge in [0.15, 0.2) is 13.0 Å². The summed E-state index contributed by atoms with van der Waals surface area (Å²) in [5.41, 5.74) is 11.1. The standard InChI is InChI=1S/C24H17ClN4O3S/c1-12-3-5-13(6-4-12)16-11-17(14-7-9-15(25)10-8-14)27-23-18(16)19(26)22(33-23)21(30)20-24(31)32-28-29(20)2/h3-11H,1-2H3,(H2-,26,28,30,31). The van der Waals surface area contributed by atoms with E-state index < -0.39 is 11.7 Å². The molecular formula is C24H17ClN4O3S. The van der Waals surface area contributed by atoms with Crippen molar-refractivity contribution in [3.05, 3.63) is 75.8 Å². The van der Waals surface area contributed by atoms with E-state index in [1.54, 1.807) is 12.1 Å². The molecule has 164 valence electrons. The maximum Gasteiger partial charge on any atom is 0.305 e. The topological polar surface area (TPSA) is 109 Å². The van der Waals surface area contributed by atoms with Gasteiger partial charge in [0.05, 0.1) is 16.7 Å². The van der Waals surface area contributed by atoms with Crippen LogP contribution in [0.3, 0.4) is 0 Å². The van der Waals surface area contributed by atoms with Gasteiger partial charge in [-0.1, -0.05) is 58.2 Å². The zero-order valence-electron chi connectivity index (χ0n) is 17.6. The number of nitrogens with zero attached hydrogens (tertiary/aromatic N) is 3. The van der Waals surface area contributed by atoms with Crippen molar-refractivity contribution < 1.29 is 19.1 Å². The Morgan fingerprint density at radius 3 is 2.42 bits per heavy atom. The summed E-state index contributed by atoms with van der Waals surface area (Å²) in [6.07, 6.45) is 0. The molecule has 2 aromatic carbocycles. The number of ketones is 1. The third-order valence-electron chi connectivity index (χ3n) is 5.39. The largest absolute Gasteiger partial charge is 0.539 e. The molecule has 0 saturated carbocycles. The monoisotopic (exact) mass is 476 g/mol. The van der Waals surface area contributed by atoms with Crippen molar-refractivity contribution in [1.82, 2.24) is 10.3 Å². The van der Waals surface area contributed by atoms with Crippen LogP contribution in [0.4, 0.5) is 5.69 Å². The van der Waals surface area contributed by atoms with E-state index in [4.69, 9.17) is 22.3 Å². The second kappa shape index (κ2) is 7.99. The van der Waals surface area contributed by atoms with E-state index in [0.29, 0.717) is 15.2 Å². The molecule has 2 N–H and O–H groups in total. The van der Waals surface area contributed by atoms with Gasteiger partial charge >= 0.3 is 5.69 Å². The minimum atomic E-state index is -0.812. The first-order chi connectivity index (χ1) is 15.8. The van der Waals surface area contributed by atoms with Gasteiger partial charge in [-0.05, 0) is 36.2 Å². The van der Waals surface area contributed by atoms with Crippen molar-refractivity contribution in [2.45, 2.75) is 6.92 Å². The highest BCUT2D eigenvalue weighted by Crippen LogP contribution is 2.42. The van der Waals surface area contributed by atoms with Crippen LogP contribution in [0.25, 0.3) is 32.6 Å². The van der Waals surface area contributed by atoms with E-state index >= 15 is 0 Å². The molecule has 5 rings (SSSR count). The SMILES string of the molecule is Cc1ccc(-c2cc(-c3ccc(Cl)cc3)nc3sc(C(=O)c4c([O-])on[n+]4C)c(N)c23)cc1. The van der Waals surface area contributed by atoms with Crippen LogP contribution in [0.1, 0.15) is 20.9 Å². The van der Waals surface area contributed by atoms with Crippen LogP contribution in [0.15, 0.2) is 59.1 Å². The normalized spacial score (nSPS) is 11.2. The Labute approximate surface area is 197 Å². The number of thiophene rings is 1. The molecule has 3 aromatic heterocycles. The molecule has 0 unspecified atom stereocenters. The van der Waals surface area contributed by atoms with E-state index in [9.17, 15) is 9.90 Å². The fourth-order valence-electron chi connectivity index (χ4n) is 3.68. The quantitative estimate of drug-likeness (QED) is 0.306. The van der Waals surface area contributed by atoms with Crippen LogP contribution < -0.4 is 15.5 Å². The van der Waals surface area contributed by atoms with E-state index in [1.165, 1.54) is 7.05 Å². The van der Waals surface area contributed by atoms with Crippen LogP contribution >= 0.6 is 22.9 Å². The summed E-state index contributed by atoms with van der Waals surface area (Å²) in [6.45, 7) is 2.01. The average molecular weight is 477 g/mol. The third kappa shape index (κ3) is 3.63. The summed E-state index contributed by atoms with van der Waals surface area (Å²) in [6, 6.07) is 17.4. The molecule has 0 bridgehead atoms. The molecule has 0 aliphatic carbocycles. The third-order valence-corrected chi connectivity index (χ3v) is 6.74. The predicted octanol–water partition coefficient (Wildman–Crippen LogP) is 4.29. The molecule has 0 spiro atoms. The van der Waals surface area contributed by atoms with Gasteiger partial charge < -0.3 is 15.4 Å². The number of halogens is 1. The number of carbonyl (C=O) groups excluding carboxylic acids is 1. The highest BCUT2D eigenvalue weighted by molar-refractivity contribution is 7.21. The Morgan fingerprint density at radius 1 is 1.12 bits per heavy atom. The van der Waals surface area contributed by atoms with Crippen molar-refractivity contribution in [1.29, 1.82) is 0 Å². The molecular weight excluding hydrogens is 460 g/mol. The summed E-state index contributed by atoms with van der Waals surface area (Å²) in [5, 5.41) is 16.9. The first kappa shape index (κ1) is 21.1. The van der Waals surface area contributed by atoms with Crippen LogP contribution in [0.5, 0.6) is 5.95 Å². The minimum absolute atomic E-state index is 0.192. The number of benzene rings is 2. The number of aromatic nitrogens is 3. The Kier molecular flexibility index (Phi) is 5.11. The number of hydrogen-bond acceptors (Lipinski definition) is 7. The fraction of sp³-hybridized carbons (Fsp3) is 0.0833. The zero-order chi connectivity index (χ0) is 23.3. The lowest BCUT2D eigenvalue weighted by Crippen LogP contribution is -2.37. The first-order valence-electron chi connectivity index (χ1n) is 9.97. The van der Waals surface area contributed by atoms with Crippen LogP contribution in [0, 0.1) is 6.92 Å². The predicted molar refractivity (Wildman–Crippen MR) is 125 cm³/mol.